The van der Waals surface area contributed by atoms with Crippen LogP contribution in [0.4, 0.5) is 5.69 Å². The average molecular weight is 215 g/mol. The van der Waals surface area contributed by atoms with E-state index in [4.69, 9.17) is 17.3 Å². The van der Waals surface area contributed by atoms with E-state index in [0.717, 1.165) is 0 Å². The fourth-order valence-electron chi connectivity index (χ4n) is 1.10. The lowest BCUT2D eigenvalue weighted by atomic mass is 10.1. The third-order valence-electron chi connectivity index (χ3n) is 1.84. The van der Waals surface area contributed by atoms with Gasteiger partial charge in [0.15, 0.2) is 0 Å². The average Bonchev–Trinajstić information content (AvgIpc) is 2.08. The van der Waals surface area contributed by atoms with Crippen LogP contribution in [0, 0.1) is 0 Å². The number of rotatable bonds is 2. The molecule has 0 saturated carbocycles. The minimum atomic E-state index is -0.699. The van der Waals surface area contributed by atoms with Crippen LogP contribution in [0.2, 0.25) is 5.02 Å². The number of halogens is 1. The molecule has 0 atom stereocenters. The molecule has 1 rings (SSSR count). The van der Waals surface area contributed by atoms with Crippen molar-refractivity contribution in [3.8, 4) is 5.75 Å². The van der Waals surface area contributed by atoms with Crippen molar-refractivity contribution in [2.75, 3.05) is 19.0 Å². The molecule has 0 aromatic heterocycles. The predicted octanol–water partition coefficient (Wildman–Crippen LogP) is 1.21. The highest BCUT2D eigenvalue weighted by Crippen LogP contribution is 2.35. The molecule has 0 unspecified atom stereocenters. The number of carbonyl (C=O) groups is 1. The standard InChI is InChI=1S/C9H11ClN2O2/c1-12(2)6-4-3-5(9(11)14)8(13)7(6)10/h3-4,13H,1-2H3,(H2,11,14). The van der Waals surface area contributed by atoms with Gasteiger partial charge in [0, 0.05) is 14.1 Å². The second-order valence-electron chi connectivity index (χ2n) is 3.05. The first-order chi connectivity index (χ1) is 6.45. The van der Waals surface area contributed by atoms with E-state index >= 15 is 0 Å². The number of anilines is 1. The molecule has 0 saturated heterocycles. The Balaban J connectivity index is 3.33. The van der Waals surface area contributed by atoms with E-state index in [-0.39, 0.29) is 16.3 Å². The molecule has 0 aliphatic carbocycles. The normalized spacial score (nSPS) is 9.93. The zero-order valence-electron chi connectivity index (χ0n) is 7.91. The van der Waals surface area contributed by atoms with E-state index in [1.807, 2.05) is 0 Å². The molecule has 4 nitrogen and oxygen atoms in total. The number of hydrogen-bond acceptors (Lipinski definition) is 3. The number of benzene rings is 1. The second kappa shape index (κ2) is 3.75. The summed E-state index contributed by atoms with van der Waals surface area (Å²) in [5.74, 6) is -0.972. The number of hydrogen-bond donors (Lipinski definition) is 2. The zero-order valence-corrected chi connectivity index (χ0v) is 8.67. The van der Waals surface area contributed by atoms with Gasteiger partial charge in [0.25, 0.3) is 5.91 Å². The molecule has 0 heterocycles. The van der Waals surface area contributed by atoms with Crippen LogP contribution in [0.15, 0.2) is 12.1 Å². The van der Waals surface area contributed by atoms with E-state index in [2.05, 4.69) is 0 Å². The molecule has 0 aliphatic heterocycles. The van der Waals surface area contributed by atoms with Gasteiger partial charge >= 0.3 is 0 Å². The first-order valence-corrected chi connectivity index (χ1v) is 4.31. The van der Waals surface area contributed by atoms with Crippen molar-refractivity contribution in [1.29, 1.82) is 0 Å². The molecule has 1 aromatic rings. The maximum absolute atomic E-state index is 10.8. The van der Waals surface area contributed by atoms with Crippen molar-refractivity contribution >= 4 is 23.2 Å². The molecule has 5 heteroatoms. The summed E-state index contributed by atoms with van der Waals surface area (Å²) in [4.78, 5) is 12.6. The number of carbonyl (C=O) groups excluding carboxylic acids is 1. The molecule has 1 amide bonds. The second-order valence-corrected chi connectivity index (χ2v) is 3.43. The first kappa shape index (κ1) is 10.7. The van der Waals surface area contributed by atoms with Crippen molar-refractivity contribution in [3.05, 3.63) is 22.7 Å². The molecule has 1 aromatic carbocycles. The fraction of sp³-hybridized carbons (Fsp3) is 0.222. The van der Waals surface area contributed by atoms with Crippen molar-refractivity contribution in [2.45, 2.75) is 0 Å². The monoisotopic (exact) mass is 214 g/mol. The van der Waals surface area contributed by atoms with Crippen LogP contribution in [0.25, 0.3) is 0 Å². The molecule has 76 valence electrons. The molecular weight excluding hydrogens is 204 g/mol. The fourth-order valence-corrected chi connectivity index (χ4v) is 1.43. The quantitative estimate of drug-likeness (QED) is 0.778. The van der Waals surface area contributed by atoms with Gasteiger partial charge in [-0.3, -0.25) is 4.79 Å². The van der Waals surface area contributed by atoms with E-state index in [9.17, 15) is 9.90 Å². The molecule has 0 aliphatic rings. The Hall–Kier alpha value is -1.42. The minimum absolute atomic E-state index is 0.0283. The summed E-state index contributed by atoms with van der Waals surface area (Å²) >= 11 is 5.84. The highest BCUT2D eigenvalue weighted by Gasteiger charge is 2.14. The van der Waals surface area contributed by atoms with Crippen LogP contribution in [0.5, 0.6) is 5.75 Å². The minimum Gasteiger partial charge on any atom is -0.505 e. The molecule has 0 bridgehead atoms. The lowest BCUT2D eigenvalue weighted by Gasteiger charge is -2.15. The predicted molar refractivity (Wildman–Crippen MR) is 56.0 cm³/mol. The largest absolute Gasteiger partial charge is 0.505 e. The summed E-state index contributed by atoms with van der Waals surface area (Å²) in [5, 5.41) is 9.67. The number of phenols is 1. The number of amides is 1. The van der Waals surface area contributed by atoms with Gasteiger partial charge in [-0.2, -0.15) is 0 Å². The summed E-state index contributed by atoms with van der Waals surface area (Å²) in [6.45, 7) is 0. The summed E-state index contributed by atoms with van der Waals surface area (Å²) in [6.07, 6.45) is 0. The van der Waals surface area contributed by atoms with Crippen LogP contribution in [0.3, 0.4) is 0 Å². The number of nitrogens with two attached hydrogens (primary N) is 1. The SMILES string of the molecule is CN(C)c1ccc(C(N)=O)c(O)c1Cl. The maximum Gasteiger partial charge on any atom is 0.252 e. The van der Waals surface area contributed by atoms with Gasteiger partial charge in [-0.15, -0.1) is 0 Å². The molecule has 0 spiro atoms. The van der Waals surface area contributed by atoms with Gasteiger partial charge in [0.05, 0.1) is 11.3 Å². The van der Waals surface area contributed by atoms with Gasteiger partial charge in [0.1, 0.15) is 10.8 Å². The smallest absolute Gasteiger partial charge is 0.252 e. The number of aromatic hydroxyl groups is 1. The summed E-state index contributed by atoms with van der Waals surface area (Å²) in [6, 6.07) is 3.07. The summed E-state index contributed by atoms with van der Waals surface area (Å²) < 4.78 is 0. The van der Waals surface area contributed by atoms with Crippen LogP contribution < -0.4 is 10.6 Å². The van der Waals surface area contributed by atoms with E-state index < -0.39 is 5.91 Å². The van der Waals surface area contributed by atoms with Gasteiger partial charge in [-0.05, 0) is 12.1 Å². The lowest BCUT2D eigenvalue weighted by molar-refractivity contribution is 0.0998. The summed E-state index contributed by atoms with van der Waals surface area (Å²) in [7, 11) is 3.56. The van der Waals surface area contributed by atoms with Crippen LogP contribution in [0.1, 0.15) is 10.4 Å². The Bertz CT molecular complexity index is 377. The van der Waals surface area contributed by atoms with Crippen LogP contribution >= 0.6 is 11.6 Å². The first-order valence-electron chi connectivity index (χ1n) is 3.93. The Labute approximate surface area is 86.9 Å². The van der Waals surface area contributed by atoms with Crippen molar-refractivity contribution < 1.29 is 9.90 Å². The molecular formula is C9H11ClN2O2. The molecule has 14 heavy (non-hydrogen) atoms. The Morgan fingerprint density at radius 3 is 2.50 bits per heavy atom. The number of primary amides is 1. The van der Waals surface area contributed by atoms with Crippen molar-refractivity contribution in [2.24, 2.45) is 5.73 Å². The molecule has 0 fully saturated rings. The molecule has 0 radical (unpaired) electrons. The van der Waals surface area contributed by atoms with Gasteiger partial charge in [-0.25, -0.2) is 0 Å². The highest BCUT2D eigenvalue weighted by molar-refractivity contribution is 6.35. The zero-order chi connectivity index (χ0) is 10.9. The third kappa shape index (κ3) is 1.75. The van der Waals surface area contributed by atoms with Gasteiger partial charge < -0.3 is 15.7 Å². The topological polar surface area (TPSA) is 66.6 Å². The number of nitrogens with zero attached hydrogens (tertiary/aromatic N) is 1. The van der Waals surface area contributed by atoms with Gasteiger partial charge in [-0.1, -0.05) is 11.6 Å². The van der Waals surface area contributed by atoms with E-state index in [0.29, 0.717) is 5.69 Å². The molecule has 3 N–H and O–H groups in total. The van der Waals surface area contributed by atoms with Crippen LogP contribution in [-0.4, -0.2) is 25.1 Å². The third-order valence-corrected chi connectivity index (χ3v) is 2.22. The van der Waals surface area contributed by atoms with Gasteiger partial charge in [0.2, 0.25) is 0 Å². The Morgan fingerprint density at radius 2 is 2.07 bits per heavy atom. The van der Waals surface area contributed by atoms with E-state index in [1.165, 1.54) is 6.07 Å². The maximum atomic E-state index is 10.8. The van der Waals surface area contributed by atoms with Crippen LogP contribution in [-0.2, 0) is 0 Å². The Kier molecular flexibility index (Phi) is 2.86. The van der Waals surface area contributed by atoms with Crippen molar-refractivity contribution in [1.82, 2.24) is 0 Å². The lowest BCUT2D eigenvalue weighted by Crippen LogP contribution is -2.13. The highest BCUT2D eigenvalue weighted by atomic mass is 35.5. The summed E-state index contributed by atoms with van der Waals surface area (Å²) in [5.41, 5.74) is 5.70. The van der Waals surface area contributed by atoms with Crippen molar-refractivity contribution in [3.63, 3.8) is 0 Å². The van der Waals surface area contributed by atoms with E-state index in [1.54, 1.807) is 25.1 Å². The Morgan fingerprint density at radius 1 is 1.50 bits per heavy atom.